The molecule has 0 saturated carbocycles. The molecule has 0 aliphatic heterocycles. The second-order valence-electron chi connectivity index (χ2n) is 7.99. The van der Waals surface area contributed by atoms with Gasteiger partial charge in [-0.05, 0) is 35.9 Å². The molecule has 9 heteroatoms. The summed E-state index contributed by atoms with van der Waals surface area (Å²) >= 11 is 0. The summed E-state index contributed by atoms with van der Waals surface area (Å²) in [4.78, 5) is 19.3. The second-order valence-corrected chi connectivity index (χ2v) is 7.99. The Balaban J connectivity index is 0.00000304. The molecule has 5 aromatic rings. The van der Waals surface area contributed by atoms with E-state index in [1.165, 1.54) is 6.21 Å². The largest absolute Gasteiger partial charge is 1.00 e. The van der Waals surface area contributed by atoms with Crippen molar-refractivity contribution in [1.82, 2.24) is 20.0 Å². The molecular formula is C27H22N5NaO3. The van der Waals surface area contributed by atoms with Crippen LogP contribution < -0.4 is 39.4 Å². The fraction of sp³-hybridized carbons (Fsp3) is 0.111. The van der Waals surface area contributed by atoms with Gasteiger partial charge in [0.15, 0.2) is 0 Å². The molecule has 5 rings (SSSR count). The number of nitrogens with one attached hydrogen (secondary N) is 1. The number of carboxylic acid groups (broad SMARTS) is 1. The summed E-state index contributed by atoms with van der Waals surface area (Å²) in [6, 6.07) is 23.7. The molecule has 174 valence electrons. The monoisotopic (exact) mass is 487 g/mol. The number of fused-ring (bicyclic) bond motifs is 1. The fourth-order valence-electron chi connectivity index (χ4n) is 3.82. The van der Waals surface area contributed by atoms with Crippen LogP contribution in [0.1, 0.15) is 16.8 Å². The maximum absolute atomic E-state index is 11.8. The van der Waals surface area contributed by atoms with Crippen molar-refractivity contribution in [3.63, 3.8) is 0 Å². The first kappa shape index (κ1) is 25.4. The van der Waals surface area contributed by atoms with Gasteiger partial charge in [-0.3, -0.25) is 4.99 Å². The summed E-state index contributed by atoms with van der Waals surface area (Å²) < 4.78 is 7.64. The molecular weight excluding hydrogens is 465 g/mol. The molecule has 2 heterocycles. The molecule has 3 aromatic carbocycles. The third kappa shape index (κ3) is 5.91. The van der Waals surface area contributed by atoms with Gasteiger partial charge in [-0.25, -0.2) is 4.68 Å². The number of ether oxygens (including phenoxy) is 1. The van der Waals surface area contributed by atoms with Crippen LogP contribution in [-0.4, -0.2) is 38.2 Å². The number of rotatable bonds is 9. The summed E-state index contributed by atoms with van der Waals surface area (Å²) in [5.41, 5.74) is 4.05. The molecule has 0 saturated heterocycles. The molecule has 1 atom stereocenters. The topological polar surface area (TPSA) is 108 Å². The normalized spacial score (nSPS) is 11.9. The third-order valence-electron chi connectivity index (χ3n) is 5.61. The Labute approximate surface area is 229 Å². The number of hydrogen-bond acceptors (Lipinski definition) is 6. The zero-order chi connectivity index (χ0) is 24.0. The van der Waals surface area contributed by atoms with Crippen LogP contribution in [0.3, 0.4) is 0 Å². The predicted octanol–water partition coefficient (Wildman–Crippen LogP) is 0.112. The van der Waals surface area contributed by atoms with E-state index in [0.717, 1.165) is 22.2 Å². The first-order valence-corrected chi connectivity index (χ1v) is 11.1. The van der Waals surface area contributed by atoms with Gasteiger partial charge in [-0.2, -0.15) is 0 Å². The quantitative estimate of drug-likeness (QED) is 0.235. The van der Waals surface area contributed by atoms with Crippen LogP contribution in [0.25, 0.3) is 16.6 Å². The second kappa shape index (κ2) is 11.8. The average molecular weight is 487 g/mol. The van der Waals surface area contributed by atoms with E-state index in [4.69, 9.17) is 4.74 Å². The summed E-state index contributed by atoms with van der Waals surface area (Å²) in [7, 11) is 0. The fourth-order valence-corrected chi connectivity index (χ4v) is 3.82. The zero-order valence-electron chi connectivity index (χ0n) is 19.7. The number of aromatic nitrogens is 4. The Morgan fingerprint density at radius 3 is 2.64 bits per heavy atom. The number of hydrogen-bond donors (Lipinski definition) is 1. The molecule has 0 aliphatic carbocycles. The molecule has 0 unspecified atom stereocenters. The van der Waals surface area contributed by atoms with Gasteiger partial charge in [-0.1, -0.05) is 53.7 Å². The Hall–Kier alpha value is -3.72. The molecule has 0 aliphatic rings. The molecule has 36 heavy (non-hydrogen) atoms. The number of nitrogens with zero attached hydrogens (tertiary/aromatic N) is 4. The van der Waals surface area contributed by atoms with E-state index in [9.17, 15) is 9.90 Å². The van der Waals surface area contributed by atoms with Crippen molar-refractivity contribution < 1.29 is 44.2 Å². The first-order chi connectivity index (χ1) is 17.2. The molecule has 8 nitrogen and oxygen atoms in total. The number of aromatic amines is 1. The van der Waals surface area contributed by atoms with Crippen LogP contribution in [0.4, 0.5) is 0 Å². The van der Waals surface area contributed by atoms with Gasteiger partial charge in [0.2, 0.25) is 0 Å². The molecule has 0 bridgehead atoms. The number of H-pyrrole nitrogens is 1. The van der Waals surface area contributed by atoms with Crippen molar-refractivity contribution in [2.24, 2.45) is 4.99 Å². The van der Waals surface area contributed by atoms with E-state index in [-0.39, 0.29) is 42.6 Å². The minimum atomic E-state index is -1.23. The third-order valence-corrected chi connectivity index (χ3v) is 5.61. The number of aliphatic carboxylic acids is 1. The molecule has 0 radical (unpaired) electrons. The molecule has 1 N–H and O–H groups in total. The van der Waals surface area contributed by atoms with Crippen molar-refractivity contribution >= 4 is 23.1 Å². The summed E-state index contributed by atoms with van der Waals surface area (Å²) in [6.45, 7) is 0.205. The van der Waals surface area contributed by atoms with E-state index >= 15 is 0 Å². The van der Waals surface area contributed by atoms with Gasteiger partial charge in [0.05, 0.1) is 23.9 Å². The van der Waals surface area contributed by atoms with Crippen molar-refractivity contribution in [2.75, 3.05) is 0 Å². The minimum Gasteiger partial charge on any atom is -0.548 e. The summed E-state index contributed by atoms with van der Waals surface area (Å²) in [5, 5.41) is 21.1. The molecule has 0 fully saturated rings. The minimum absolute atomic E-state index is 0. The summed E-state index contributed by atoms with van der Waals surface area (Å²) in [6.07, 6.45) is 5.36. The van der Waals surface area contributed by atoms with E-state index in [1.54, 1.807) is 16.9 Å². The number of carbonyl (C=O) groups excluding carboxylic acids is 1. The van der Waals surface area contributed by atoms with Crippen LogP contribution in [0.2, 0.25) is 0 Å². The number of benzene rings is 3. The smallest absolute Gasteiger partial charge is 0.548 e. The van der Waals surface area contributed by atoms with Gasteiger partial charge < -0.3 is 19.6 Å². The first-order valence-electron chi connectivity index (χ1n) is 11.1. The van der Waals surface area contributed by atoms with E-state index in [2.05, 4.69) is 20.3 Å². The van der Waals surface area contributed by atoms with Crippen LogP contribution in [0.5, 0.6) is 5.75 Å². The Morgan fingerprint density at radius 2 is 1.81 bits per heavy atom. The van der Waals surface area contributed by atoms with Crippen LogP contribution >= 0.6 is 0 Å². The summed E-state index contributed by atoms with van der Waals surface area (Å²) in [5.74, 6) is -0.669. The Kier molecular flexibility index (Phi) is 8.32. The van der Waals surface area contributed by atoms with Crippen molar-refractivity contribution in [2.45, 2.75) is 19.1 Å². The SMILES string of the molecule is O=C([O-])[C@H](Cc1c[nH]c2ccccc12)N=Cc1ccccc1OCc1cn(-c2ccccc2)nn1.[Na+]. The zero-order valence-corrected chi connectivity index (χ0v) is 21.7. The Bertz CT molecular complexity index is 1480. The molecule has 0 amide bonds. The maximum Gasteiger partial charge on any atom is 1.00 e. The van der Waals surface area contributed by atoms with E-state index in [0.29, 0.717) is 17.0 Å². The van der Waals surface area contributed by atoms with Crippen LogP contribution in [0, 0.1) is 0 Å². The average Bonchev–Trinajstić information content (AvgIpc) is 3.53. The number of para-hydroxylation sites is 3. The van der Waals surface area contributed by atoms with Crippen molar-refractivity contribution in [1.29, 1.82) is 0 Å². The van der Waals surface area contributed by atoms with Gasteiger partial charge in [-0.15, -0.1) is 5.10 Å². The molecule has 2 aromatic heterocycles. The van der Waals surface area contributed by atoms with E-state index in [1.807, 2.05) is 79.0 Å². The van der Waals surface area contributed by atoms with E-state index < -0.39 is 12.0 Å². The van der Waals surface area contributed by atoms with Crippen LogP contribution in [0.15, 0.2) is 96.2 Å². The van der Waals surface area contributed by atoms with Gasteiger partial charge in [0.1, 0.15) is 18.1 Å². The van der Waals surface area contributed by atoms with Gasteiger partial charge in [0.25, 0.3) is 0 Å². The Morgan fingerprint density at radius 1 is 1.06 bits per heavy atom. The predicted molar refractivity (Wildman–Crippen MR) is 131 cm³/mol. The standard InChI is InChI=1S/C27H23N5O3.Na/c33-27(34)25(14-20-16-28-24-12-6-5-11-23(20)24)29-15-19-8-4-7-13-26(19)35-18-21-17-32(31-30-21)22-9-2-1-3-10-22;/h1-13,15-17,25,28H,14,18H2,(H,33,34);/q;+1/p-1/t25-;/m0./s1. The number of carboxylic acids is 1. The van der Waals surface area contributed by atoms with Gasteiger partial charge >= 0.3 is 29.6 Å². The van der Waals surface area contributed by atoms with Crippen molar-refractivity contribution in [3.8, 4) is 11.4 Å². The maximum atomic E-state index is 11.8. The number of carbonyl (C=O) groups is 1. The van der Waals surface area contributed by atoms with Crippen LogP contribution in [-0.2, 0) is 17.8 Å². The van der Waals surface area contributed by atoms with Crippen molar-refractivity contribution in [3.05, 3.63) is 108 Å². The molecule has 0 spiro atoms. The number of aliphatic imine (C=N–C) groups is 1. The van der Waals surface area contributed by atoms with Gasteiger partial charge in [0, 0.05) is 35.3 Å².